The molecule has 0 saturated carbocycles. The van der Waals surface area contributed by atoms with E-state index in [0.29, 0.717) is 37.9 Å². The van der Waals surface area contributed by atoms with Crippen molar-refractivity contribution in [3.8, 4) is 0 Å². The number of unbranched alkanes of at least 4 members (excludes halogenated alkanes) is 1. The van der Waals surface area contributed by atoms with E-state index in [1.165, 1.54) is 23.5 Å². The maximum absolute atomic E-state index is 10.8. The Hall–Kier alpha value is -0.440. The summed E-state index contributed by atoms with van der Waals surface area (Å²) in [7, 11) is 0. The van der Waals surface area contributed by atoms with Gasteiger partial charge in [-0.05, 0) is 36.4 Å². The minimum atomic E-state index is -0.210. The summed E-state index contributed by atoms with van der Waals surface area (Å²) < 4.78 is 20.9. The van der Waals surface area contributed by atoms with Gasteiger partial charge in [-0.25, -0.2) is 9.59 Å². The number of carbonyl (C=O) groups excluding carboxylic acids is 2. The van der Waals surface area contributed by atoms with Crippen LogP contribution in [0.1, 0.15) is 12.8 Å². The van der Waals surface area contributed by atoms with E-state index in [9.17, 15) is 9.59 Å². The lowest BCUT2D eigenvalue weighted by molar-refractivity contribution is 0.0305. The van der Waals surface area contributed by atoms with Gasteiger partial charge in [-0.2, -0.15) is 0 Å². The van der Waals surface area contributed by atoms with E-state index in [0.717, 1.165) is 12.8 Å². The molecule has 0 aromatic heterocycles. The third-order valence-electron chi connectivity index (χ3n) is 2.73. The van der Waals surface area contributed by atoms with Crippen molar-refractivity contribution in [2.75, 3.05) is 37.9 Å². The largest absolute Gasteiger partial charge is 0.451 e. The number of hydrogen-bond acceptors (Lipinski definition) is 8. The second kappa shape index (κ2) is 8.76. The molecule has 114 valence electrons. The van der Waals surface area contributed by atoms with Crippen molar-refractivity contribution in [1.29, 1.82) is 0 Å². The first-order valence-electron chi connectivity index (χ1n) is 6.56. The molecule has 2 unspecified atom stereocenters. The van der Waals surface area contributed by atoms with Crippen LogP contribution >= 0.6 is 23.5 Å². The first kappa shape index (κ1) is 15.9. The molecule has 2 saturated heterocycles. The zero-order valence-corrected chi connectivity index (χ0v) is 12.7. The molecule has 20 heavy (non-hydrogen) atoms. The number of thioether (sulfide) groups is 2. The number of cyclic esters (lactones) is 2. The minimum absolute atomic E-state index is 0.0988. The van der Waals surface area contributed by atoms with Gasteiger partial charge < -0.3 is 18.9 Å². The Bertz CT molecular complexity index is 306. The zero-order chi connectivity index (χ0) is 14.2. The maximum Gasteiger partial charge on any atom is 0.367 e. The molecule has 0 spiro atoms. The lowest BCUT2D eigenvalue weighted by Gasteiger charge is -2.10. The normalized spacial score (nSPS) is 25.8. The highest BCUT2D eigenvalue weighted by Crippen LogP contribution is 2.20. The lowest BCUT2D eigenvalue weighted by atomic mass is 10.3. The standard InChI is InChI=1S/C12H18O6S2/c13-11-17-9(7-19-11)5-15-3-1-2-4-16-6-10-8-20-12(14)18-10/h9-10H,1-8H2. The van der Waals surface area contributed by atoms with Crippen LogP contribution in [0.4, 0.5) is 9.59 Å². The van der Waals surface area contributed by atoms with Crippen LogP contribution in [0.5, 0.6) is 0 Å². The molecule has 2 aliphatic heterocycles. The molecule has 2 heterocycles. The van der Waals surface area contributed by atoms with Gasteiger partial charge in [-0.3, -0.25) is 0 Å². The third kappa shape index (κ3) is 5.90. The highest BCUT2D eigenvalue weighted by molar-refractivity contribution is 8.13. The van der Waals surface area contributed by atoms with E-state index < -0.39 is 0 Å². The fourth-order valence-electron chi connectivity index (χ4n) is 1.73. The van der Waals surface area contributed by atoms with Gasteiger partial charge in [0.2, 0.25) is 0 Å². The maximum atomic E-state index is 10.8. The van der Waals surface area contributed by atoms with E-state index in [1.807, 2.05) is 0 Å². The molecule has 8 heteroatoms. The van der Waals surface area contributed by atoms with Crippen molar-refractivity contribution >= 4 is 34.1 Å². The summed E-state index contributed by atoms with van der Waals surface area (Å²) in [5, 5.41) is -0.421. The molecule has 0 amide bonds. The number of rotatable bonds is 9. The molecule has 2 atom stereocenters. The quantitative estimate of drug-likeness (QED) is 0.473. The highest BCUT2D eigenvalue weighted by Gasteiger charge is 2.24. The number of ether oxygens (including phenoxy) is 4. The summed E-state index contributed by atoms with van der Waals surface area (Å²) in [6.45, 7) is 2.20. The van der Waals surface area contributed by atoms with Crippen LogP contribution in [0.2, 0.25) is 0 Å². The van der Waals surface area contributed by atoms with Crippen LogP contribution in [-0.2, 0) is 18.9 Å². The van der Waals surface area contributed by atoms with Crippen LogP contribution in [0.3, 0.4) is 0 Å². The fourth-order valence-corrected chi connectivity index (χ4v) is 3.11. The molecule has 0 aliphatic carbocycles. The predicted octanol–water partition coefficient (Wildman–Crippen LogP) is 2.30. The molecule has 0 aromatic rings. The topological polar surface area (TPSA) is 71.1 Å². The van der Waals surface area contributed by atoms with Crippen LogP contribution in [0.25, 0.3) is 0 Å². The summed E-state index contributed by atoms with van der Waals surface area (Å²) in [5.41, 5.74) is 0. The molecule has 0 radical (unpaired) electrons. The monoisotopic (exact) mass is 322 g/mol. The van der Waals surface area contributed by atoms with E-state index in [4.69, 9.17) is 18.9 Å². The highest BCUT2D eigenvalue weighted by atomic mass is 32.2. The second-order valence-corrected chi connectivity index (χ2v) is 6.37. The van der Waals surface area contributed by atoms with Crippen molar-refractivity contribution in [1.82, 2.24) is 0 Å². The van der Waals surface area contributed by atoms with Gasteiger partial charge in [0.1, 0.15) is 12.2 Å². The molecule has 2 fully saturated rings. The van der Waals surface area contributed by atoms with Crippen molar-refractivity contribution in [2.24, 2.45) is 0 Å². The molecular formula is C12H18O6S2. The summed E-state index contributed by atoms with van der Waals surface area (Å²) >= 11 is 2.39. The van der Waals surface area contributed by atoms with Crippen LogP contribution < -0.4 is 0 Å². The molecule has 2 aliphatic rings. The molecule has 0 bridgehead atoms. The molecule has 6 nitrogen and oxygen atoms in total. The van der Waals surface area contributed by atoms with Crippen molar-refractivity contribution < 1.29 is 28.5 Å². The Morgan fingerprint density at radius 3 is 1.70 bits per heavy atom. The smallest absolute Gasteiger partial charge is 0.367 e. The zero-order valence-electron chi connectivity index (χ0n) is 11.1. The molecule has 2 rings (SSSR count). The van der Waals surface area contributed by atoms with Gasteiger partial charge in [0, 0.05) is 24.7 Å². The SMILES string of the molecule is O=C1OC(COCCCCOCC2CSC(=O)O2)CS1. The van der Waals surface area contributed by atoms with Gasteiger partial charge >= 0.3 is 10.6 Å². The summed E-state index contributed by atoms with van der Waals surface area (Å²) in [6, 6.07) is 0. The van der Waals surface area contributed by atoms with Crippen LogP contribution in [0, 0.1) is 0 Å². The predicted molar refractivity (Wildman–Crippen MR) is 76.3 cm³/mol. The first-order chi connectivity index (χ1) is 9.74. The Labute approximate surface area is 126 Å². The Morgan fingerprint density at radius 2 is 1.35 bits per heavy atom. The van der Waals surface area contributed by atoms with Gasteiger partial charge in [0.15, 0.2) is 0 Å². The molecule has 0 N–H and O–H groups in total. The first-order valence-corrected chi connectivity index (χ1v) is 8.53. The summed E-state index contributed by atoms with van der Waals surface area (Å²) in [6.07, 6.45) is 1.59. The Kier molecular flexibility index (Phi) is 6.98. The summed E-state index contributed by atoms with van der Waals surface area (Å²) in [4.78, 5) is 21.7. The van der Waals surface area contributed by atoms with Gasteiger partial charge in [0.05, 0.1) is 13.2 Å². The Balaban J connectivity index is 1.35. The molecule has 0 aromatic carbocycles. The van der Waals surface area contributed by atoms with Crippen LogP contribution in [-0.4, -0.2) is 60.7 Å². The average molecular weight is 322 g/mol. The van der Waals surface area contributed by atoms with E-state index in [1.54, 1.807) is 0 Å². The van der Waals surface area contributed by atoms with Gasteiger partial charge in [0.25, 0.3) is 0 Å². The van der Waals surface area contributed by atoms with Crippen LogP contribution in [0.15, 0.2) is 0 Å². The van der Waals surface area contributed by atoms with E-state index >= 15 is 0 Å². The third-order valence-corrected chi connectivity index (χ3v) is 4.48. The van der Waals surface area contributed by atoms with E-state index in [2.05, 4.69) is 0 Å². The number of hydrogen-bond donors (Lipinski definition) is 0. The van der Waals surface area contributed by atoms with Gasteiger partial charge in [-0.1, -0.05) is 0 Å². The van der Waals surface area contributed by atoms with Crippen molar-refractivity contribution in [3.05, 3.63) is 0 Å². The second-order valence-electron chi connectivity index (χ2n) is 4.46. The lowest BCUT2D eigenvalue weighted by Crippen LogP contribution is -2.19. The van der Waals surface area contributed by atoms with E-state index in [-0.39, 0.29) is 22.8 Å². The fraction of sp³-hybridized carbons (Fsp3) is 0.833. The number of carbonyl (C=O) groups is 2. The van der Waals surface area contributed by atoms with Gasteiger partial charge in [-0.15, -0.1) is 0 Å². The van der Waals surface area contributed by atoms with Crippen molar-refractivity contribution in [2.45, 2.75) is 25.0 Å². The average Bonchev–Trinajstić information content (AvgIpc) is 3.02. The minimum Gasteiger partial charge on any atom is -0.451 e. The Morgan fingerprint density at radius 1 is 0.900 bits per heavy atom. The summed E-state index contributed by atoms with van der Waals surface area (Å²) in [5.74, 6) is 1.36. The molecular weight excluding hydrogens is 304 g/mol. The van der Waals surface area contributed by atoms with Crippen molar-refractivity contribution in [3.63, 3.8) is 0 Å².